The molecule has 0 spiro atoms. The molecule has 3 heterocycles. The van der Waals surface area contributed by atoms with Crippen molar-refractivity contribution >= 4 is 5.95 Å². The molecule has 1 saturated heterocycles. The fourth-order valence-corrected chi connectivity index (χ4v) is 4.57. The number of hydrogen-bond acceptors (Lipinski definition) is 6. The summed E-state index contributed by atoms with van der Waals surface area (Å²) in [4.78, 5) is 15.8. The molecule has 1 aliphatic heterocycles. The van der Waals surface area contributed by atoms with Gasteiger partial charge in [-0.15, -0.1) is 0 Å². The number of nitrogens with zero attached hydrogens (tertiary/aromatic N) is 4. The van der Waals surface area contributed by atoms with Gasteiger partial charge in [0.1, 0.15) is 11.5 Å². The summed E-state index contributed by atoms with van der Waals surface area (Å²) in [5.41, 5.74) is 3.27. The van der Waals surface area contributed by atoms with Crippen molar-refractivity contribution < 1.29 is 9.15 Å². The molecule has 0 amide bonds. The maximum atomic E-state index is 5.99. The van der Waals surface area contributed by atoms with E-state index >= 15 is 0 Å². The third-order valence-electron chi connectivity index (χ3n) is 6.55. The average molecular weight is 455 g/mol. The maximum Gasteiger partial charge on any atom is 0.226 e. The van der Waals surface area contributed by atoms with Gasteiger partial charge in [-0.3, -0.25) is 0 Å². The number of hydrogen-bond donors (Lipinski definition) is 0. The predicted molar refractivity (Wildman–Crippen MR) is 133 cm³/mol. The summed E-state index contributed by atoms with van der Waals surface area (Å²) in [7, 11) is 0. The van der Waals surface area contributed by atoms with Gasteiger partial charge in [-0.05, 0) is 61.1 Å². The largest absolute Gasteiger partial charge is 0.493 e. The van der Waals surface area contributed by atoms with Crippen LogP contribution >= 0.6 is 0 Å². The third kappa shape index (κ3) is 5.11. The van der Waals surface area contributed by atoms with Crippen molar-refractivity contribution in [1.29, 1.82) is 0 Å². The molecule has 174 valence electrons. The summed E-state index contributed by atoms with van der Waals surface area (Å²) in [6.07, 6.45) is 5.38. The highest BCUT2D eigenvalue weighted by Gasteiger charge is 2.30. The van der Waals surface area contributed by atoms with Gasteiger partial charge in [-0.25, -0.2) is 15.0 Å². The van der Waals surface area contributed by atoms with Crippen LogP contribution in [0.4, 0.5) is 5.95 Å². The van der Waals surface area contributed by atoms with Crippen LogP contribution in [0.1, 0.15) is 23.9 Å². The van der Waals surface area contributed by atoms with E-state index in [0.29, 0.717) is 30.8 Å². The Bertz CT molecular complexity index is 1190. The van der Waals surface area contributed by atoms with E-state index in [4.69, 9.17) is 9.15 Å². The number of ether oxygens (including phenoxy) is 1. The monoisotopic (exact) mass is 454 g/mol. The third-order valence-corrected chi connectivity index (χ3v) is 6.55. The molecule has 0 N–H and O–H groups in total. The molecule has 1 fully saturated rings. The lowest BCUT2D eigenvalue weighted by atomic mass is 9.91. The first-order chi connectivity index (χ1) is 16.7. The summed E-state index contributed by atoms with van der Waals surface area (Å²) >= 11 is 0. The SMILES string of the molecule is Cc1oc(-c2ccccc2)nc1CCOc1ccc(C[C@@H]2CN(c3ncccn3)C[C@@H]2C)cc1. The van der Waals surface area contributed by atoms with Crippen LogP contribution in [0.2, 0.25) is 0 Å². The van der Waals surface area contributed by atoms with Gasteiger partial charge < -0.3 is 14.1 Å². The van der Waals surface area contributed by atoms with Crippen molar-refractivity contribution in [3.05, 3.63) is 90.1 Å². The van der Waals surface area contributed by atoms with E-state index in [-0.39, 0.29) is 0 Å². The molecule has 0 aliphatic carbocycles. The topological polar surface area (TPSA) is 64.3 Å². The van der Waals surface area contributed by atoms with Gasteiger partial charge >= 0.3 is 0 Å². The minimum absolute atomic E-state index is 0.562. The Labute approximate surface area is 200 Å². The van der Waals surface area contributed by atoms with Crippen molar-refractivity contribution in [3.63, 3.8) is 0 Å². The normalized spacial score (nSPS) is 17.8. The molecule has 2 aromatic heterocycles. The smallest absolute Gasteiger partial charge is 0.226 e. The molecular formula is C28H30N4O2. The maximum absolute atomic E-state index is 5.99. The fourth-order valence-electron chi connectivity index (χ4n) is 4.57. The molecule has 2 aromatic carbocycles. The minimum atomic E-state index is 0.562. The molecule has 2 atom stereocenters. The Morgan fingerprint density at radius 1 is 0.971 bits per heavy atom. The van der Waals surface area contributed by atoms with Gasteiger partial charge in [0.15, 0.2) is 0 Å². The van der Waals surface area contributed by atoms with Gasteiger partial charge in [0.25, 0.3) is 0 Å². The highest BCUT2D eigenvalue weighted by Crippen LogP contribution is 2.29. The number of rotatable bonds is 8. The van der Waals surface area contributed by atoms with Crippen LogP contribution < -0.4 is 9.64 Å². The molecule has 0 radical (unpaired) electrons. The quantitative estimate of drug-likeness (QED) is 0.356. The Morgan fingerprint density at radius 2 is 1.74 bits per heavy atom. The van der Waals surface area contributed by atoms with Gasteiger partial charge in [-0.2, -0.15) is 0 Å². The molecule has 0 saturated carbocycles. The van der Waals surface area contributed by atoms with E-state index in [9.17, 15) is 0 Å². The molecule has 6 nitrogen and oxygen atoms in total. The van der Waals surface area contributed by atoms with Crippen LogP contribution in [0, 0.1) is 18.8 Å². The fraction of sp³-hybridized carbons (Fsp3) is 0.321. The van der Waals surface area contributed by atoms with E-state index in [1.165, 1.54) is 5.56 Å². The molecule has 0 unspecified atom stereocenters. The van der Waals surface area contributed by atoms with Crippen molar-refractivity contribution in [1.82, 2.24) is 15.0 Å². The Kier molecular flexibility index (Phi) is 6.56. The molecule has 34 heavy (non-hydrogen) atoms. The zero-order chi connectivity index (χ0) is 23.3. The molecular weight excluding hydrogens is 424 g/mol. The van der Waals surface area contributed by atoms with Crippen LogP contribution in [0.25, 0.3) is 11.5 Å². The van der Waals surface area contributed by atoms with Crippen LogP contribution in [0.15, 0.2) is 77.5 Å². The Hall–Kier alpha value is -3.67. The minimum Gasteiger partial charge on any atom is -0.493 e. The average Bonchev–Trinajstić information content (AvgIpc) is 3.43. The predicted octanol–water partition coefficient (Wildman–Crippen LogP) is 5.38. The van der Waals surface area contributed by atoms with E-state index in [1.807, 2.05) is 55.7 Å². The summed E-state index contributed by atoms with van der Waals surface area (Å²) in [5.74, 6) is 4.41. The number of aromatic nitrogens is 3. The second kappa shape index (κ2) is 10.1. The van der Waals surface area contributed by atoms with E-state index in [1.54, 1.807) is 0 Å². The van der Waals surface area contributed by atoms with Crippen LogP contribution in [0.5, 0.6) is 5.75 Å². The standard InChI is InChI=1S/C28H30N4O2/c1-20-18-32(28-29-14-6-15-30-28)19-24(20)17-22-9-11-25(12-10-22)33-16-13-26-21(2)34-27(31-26)23-7-4-3-5-8-23/h3-12,14-15,20,24H,13,16-19H2,1-2H3/t20-,24+/m0/s1. The highest BCUT2D eigenvalue weighted by molar-refractivity contribution is 5.53. The second-order valence-corrected chi connectivity index (χ2v) is 9.03. The molecule has 6 heteroatoms. The zero-order valence-electron chi connectivity index (χ0n) is 19.7. The van der Waals surface area contributed by atoms with Crippen LogP contribution in [-0.4, -0.2) is 34.6 Å². The molecule has 1 aliphatic rings. The van der Waals surface area contributed by atoms with Gasteiger partial charge in [0.2, 0.25) is 11.8 Å². The number of aryl methyl sites for hydroxylation is 1. The summed E-state index contributed by atoms with van der Waals surface area (Å²) in [6.45, 7) is 6.83. The van der Waals surface area contributed by atoms with Crippen molar-refractivity contribution in [3.8, 4) is 17.2 Å². The molecule has 4 aromatic rings. The van der Waals surface area contributed by atoms with Crippen LogP contribution in [0.3, 0.4) is 0 Å². The summed E-state index contributed by atoms with van der Waals surface area (Å²) < 4.78 is 11.8. The summed E-state index contributed by atoms with van der Waals surface area (Å²) in [6, 6.07) is 20.3. The summed E-state index contributed by atoms with van der Waals surface area (Å²) in [5, 5.41) is 0. The molecule has 5 rings (SSSR count). The lowest BCUT2D eigenvalue weighted by Crippen LogP contribution is -2.22. The van der Waals surface area contributed by atoms with E-state index in [2.05, 4.69) is 51.0 Å². The van der Waals surface area contributed by atoms with E-state index < -0.39 is 0 Å². The highest BCUT2D eigenvalue weighted by atomic mass is 16.5. The van der Waals surface area contributed by atoms with Crippen LogP contribution in [-0.2, 0) is 12.8 Å². The van der Waals surface area contributed by atoms with Gasteiger partial charge in [0, 0.05) is 37.5 Å². The zero-order valence-corrected chi connectivity index (χ0v) is 19.7. The van der Waals surface area contributed by atoms with E-state index in [0.717, 1.165) is 48.2 Å². The number of anilines is 1. The first kappa shape index (κ1) is 22.1. The first-order valence-electron chi connectivity index (χ1n) is 11.9. The second-order valence-electron chi connectivity index (χ2n) is 9.03. The first-order valence-corrected chi connectivity index (χ1v) is 11.9. The van der Waals surface area contributed by atoms with Crippen molar-refractivity contribution in [2.24, 2.45) is 11.8 Å². The Morgan fingerprint density at radius 3 is 2.50 bits per heavy atom. The lowest BCUT2D eigenvalue weighted by molar-refractivity contribution is 0.319. The van der Waals surface area contributed by atoms with Gasteiger partial charge in [-0.1, -0.05) is 37.3 Å². The van der Waals surface area contributed by atoms with Crippen molar-refractivity contribution in [2.45, 2.75) is 26.7 Å². The number of benzene rings is 2. The van der Waals surface area contributed by atoms with Crippen molar-refractivity contribution in [2.75, 3.05) is 24.6 Å². The molecule has 0 bridgehead atoms. The lowest BCUT2D eigenvalue weighted by Gasteiger charge is -2.16. The number of oxazole rings is 1. The van der Waals surface area contributed by atoms with Gasteiger partial charge in [0.05, 0.1) is 12.3 Å². The Balaban J connectivity index is 1.13.